The number of methoxy groups -OCH3 is 1. The fraction of sp³-hybridized carbons (Fsp3) is 0.133. The molecule has 0 bridgehead atoms. The second-order valence-electron chi connectivity index (χ2n) is 4.24. The zero-order chi connectivity index (χ0) is 16.1. The van der Waals surface area contributed by atoms with Crippen LogP contribution in [0.1, 0.15) is 20.7 Å². The molecule has 2 aromatic rings. The molecular formula is C15H11BrFNO4. The van der Waals surface area contributed by atoms with Crippen LogP contribution in [0.25, 0.3) is 0 Å². The predicted octanol–water partition coefficient (Wildman–Crippen LogP) is 3.03. The first-order valence-corrected chi connectivity index (χ1v) is 6.95. The van der Waals surface area contributed by atoms with Crippen molar-refractivity contribution in [1.82, 2.24) is 4.98 Å². The second kappa shape index (κ2) is 7.13. The third-order valence-corrected chi connectivity index (χ3v) is 3.17. The van der Waals surface area contributed by atoms with E-state index in [0.717, 1.165) is 6.07 Å². The monoisotopic (exact) mass is 367 g/mol. The van der Waals surface area contributed by atoms with Crippen LogP contribution in [0.2, 0.25) is 0 Å². The summed E-state index contributed by atoms with van der Waals surface area (Å²) in [6.45, 7) is -0.523. The Balaban J connectivity index is 2.07. The number of rotatable bonds is 5. The summed E-state index contributed by atoms with van der Waals surface area (Å²) < 4.78 is 23.7. The highest BCUT2D eigenvalue weighted by Crippen LogP contribution is 2.20. The number of carbonyl (C=O) groups is 2. The van der Waals surface area contributed by atoms with Gasteiger partial charge >= 0.3 is 5.97 Å². The molecule has 1 aromatic carbocycles. The van der Waals surface area contributed by atoms with Crippen molar-refractivity contribution in [3.05, 3.63) is 58.1 Å². The lowest BCUT2D eigenvalue weighted by Gasteiger charge is -2.08. The van der Waals surface area contributed by atoms with Crippen molar-refractivity contribution in [1.29, 1.82) is 0 Å². The molecule has 0 amide bonds. The molecule has 0 radical (unpaired) electrons. The van der Waals surface area contributed by atoms with Crippen molar-refractivity contribution in [3.63, 3.8) is 0 Å². The van der Waals surface area contributed by atoms with Crippen molar-refractivity contribution < 1.29 is 23.5 Å². The van der Waals surface area contributed by atoms with E-state index in [9.17, 15) is 14.0 Å². The van der Waals surface area contributed by atoms with Crippen LogP contribution in [-0.4, -0.2) is 30.5 Å². The number of hydrogen-bond donors (Lipinski definition) is 0. The van der Waals surface area contributed by atoms with E-state index in [-0.39, 0.29) is 16.9 Å². The van der Waals surface area contributed by atoms with Crippen LogP contribution in [0.3, 0.4) is 0 Å². The number of esters is 1. The summed E-state index contributed by atoms with van der Waals surface area (Å²) >= 11 is 3.18. The van der Waals surface area contributed by atoms with Crippen LogP contribution in [0.4, 0.5) is 4.39 Å². The van der Waals surface area contributed by atoms with Crippen molar-refractivity contribution in [2.75, 3.05) is 13.7 Å². The number of halogens is 2. The molecule has 0 aliphatic rings. The Labute approximate surface area is 134 Å². The van der Waals surface area contributed by atoms with E-state index in [1.165, 1.54) is 37.7 Å². The third kappa shape index (κ3) is 3.88. The summed E-state index contributed by atoms with van der Waals surface area (Å²) in [6.07, 6.45) is 2.83. The highest BCUT2D eigenvalue weighted by molar-refractivity contribution is 9.10. The first-order valence-electron chi connectivity index (χ1n) is 6.15. The number of carbonyl (C=O) groups excluding carboxylic acids is 2. The molecule has 0 atom stereocenters. The number of pyridine rings is 1. The lowest BCUT2D eigenvalue weighted by atomic mass is 10.1. The summed E-state index contributed by atoms with van der Waals surface area (Å²) in [7, 11) is 1.36. The number of benzene rings is 1. The van der Waals surface area contributed by atoms with Crippen molar-refractivity contribution in [2.24, 2.45) is 0 Å². The summed E-state index contributed by atoms with van der Waals surface area (Å²) in [5.74, 6) is -1.62. The van der Waals surface area contributed by atoms with Gasteiger partial charge in [-0.2, -0.15) is 0 Å². The number of nitrogens with zero attached hydrogens (tertiary/aromatic N) is 1. The highest BCUT2D eigenvalue weighted by atomic mass is 79.9. The zero-order valence-corrected chi connectivity index (χ0v) is 13.1. The Morgan fingerprint density at radius 1 is 1.27 bits per heavy atom. The van der Waals surface area contributed by atoms with Gasteiger partial charge in [-0.1, -0.05) is 0 Å². The average Bonchev–Trinajstić information content (AvgIpc) is 2.52. The largest absolute Gasteiger partial charge is 0.496 e. The minimum absolute atomic E-state index is 0.0164. The summed E-state index contributed by atoms with van der Waals surface area (Å²) in [5, 5.41) is 0. The Morgan fingerprint density at radius 3 is 2.73 bits per heavy atom. The van der Waals surface area contributed by atoms with E-state index in [2.05, 4.69) is 20.9 Å². The number of aromatic nitrogens is 1. The molecule has 1 aromatic heterocycles. The molecule has 0 saturated carbocycles. The van der Waals surface area contributed by atoms with Gasteiger partial charge in [-0.05, 0) is 40.2 Å². The van der Waals surface area contributed by atoms with Gasteiger partial charge < -0.3 is 9.47 Å². The number of Topliss-reactive ketones (excluding diaryl/α,β-unsaturated/α-hetero) is 1. The summed E-state index contributed by atoms with van der Waals surface area (Å²) in [5.41, 5.74) is 0.219. The highest BCUT2D eigenvalue weighted by Gasteiger charge is 2.16. The average molecular weight is 368 g/mol. The van der Waals surface area contributed by atoms with Crippen LogP contribution >= 0.6 is 15.9 Å². The topological polar surface area (TPSA) is 65.5 Å². The predicted molar refractivity (Wildman–Crippen MR) is 79.5 cm³/mol. The van der Waals surface area contributed by atoms with Gasteiger partial charge in [-0.25, -0.2) is 9.18 Å². The molecule has 0 aliphatic heterocycles. The van der Waals surface area contributed by atoms with Crippen molar-refractivity contribution in [3.8, 4) is 5.75 Å². The quantitative estimate of drug-likeness (QED) is 0.600. The van der Waals surface area contributed by atoms with Gasteiger partial charge in [0, 0.05) is 16.9 Å². The van der Waals surface area contributed by atoms with Crippen molar-refractivity contribution >= 4 is 27.7 Å². The lowest BCUT2D eigenvalue weighted by Crippen LogP contribution is -2.15. The molecule has 5 nitrogen and oxygen atoms in total. The van der Waals surface area contributed by atoms with Crippen LogP contribution < -0.4 is 4.74 Å². The Morgan fingerprint density at radius 2 is 2.05 bits per heavy atom. The number of ether oxygens (including phenoxy) is 2. The first-order chi connectivity index (χ1) is 10.5. The minimum Gasteiger partial charge on any atom is -0.496 e. The summed E-state index contributed by atoms with van der Waals surface area (Å²) in [4.78, 5) is 27.7. The SMILES string of the molecule is COc1ccc(F)cc1C(=O)COC(=O)c1cncc(Br)c1. The first kappa shape index (κ1) is 16.1. The maximum atomic E-state index is 13.2. The van der Waals surface area contributed by atoms with E-state index in [4.69, 9.17) is 9.47 Å². The molecule has 1 heterocycles. The van der Waals surface area contributed by atoms with Crippen LogP contribution in [-0.2, 0) is 4.74 Å². The Kier molecular flexibility index (Phi) is 5.21. The maximum absolute atomic E-state index is 13.2. The van der Waals surface area contributed by atoms with Gasteiger partial charge in [0.25, 0.3) is 0 Å². The molecule has 22 heavy (non-hydrogen) atoms. The smallest absolute Gasteiger partial charge is 0.340 e. The minimum atomic E-state index is -0.697. The maximum Gasteiger partial charge on any atom is 0.340 e. The van der Waals surface area contributed by atoms with E-state index in [0.29, 0.717) is 4.47 Å². The van der Waals surface area contributed by atoms with E-state index in [1.807, 2.05) is 0 Å². The van der Waals surface area contributed by atoms with Crippen LogP contribution in [0.5, 0.6) is 5.75 Å². The molecule has 0 fully saturated rings. The molecule has 7 heteroatoms. The fourth-order valence-electron chi connectivity index (χ4n) is 1.71. The lowest BCUT2D eigenvalue weighted by molar-refractivity contribution is 0.0473. The Hall–Kier alpha value is -2.28. The Bertz CT molecular complexity index is 720. The van der Waals surface area contributed by atoms with Gasteiger partial charge in [0.15, 0.2) is 6.61 Å². The molecule has 0 aliphatic carbocycles. The van der Waals surface area contributed by atoms with Gasteiger partial charge in [0.1, 0.15) is 11.6 Å². The van der Waals surface area contributed by atoms with Gasteiger partial charge in [-0.3, -0.25) is 9.78 Å². The van der Waals surface area contributed by atoms with E-state index >= 15 is 0 Å². The van der Waals surface area contributed by atoms with Gasteiger partial charge in [0.05, 0.1) is 18.2 Å². The molecule has 114 valence electrons. The van der Waals surface area contributed by atoms with Crippen molar-refractivity contribution in [2.45, 2.75) is 0 Å². The molecular weight excluding hydrogens is 357 g/mol. The third-order valence-electron chi connectivity index (χ3n) is 2.74. The van der Waals surface area contributed by atoms with E-state index < -0.39 is 24.2 Å². The second-order valence-corrected chi connectivity index (χ2v) is 5.15. The van der Waals surface area contributed by atoms with Gasteiger partial charge in [0.2, 0.25) is 5.78 Å². The molecule has 0 saturated heterocycles. The molecule has 2 rings (SSSR count). The zero-order valence-electron chi connectivity index (χ0n) is 11.5. The van der Waals surface area contributed by atoms with Gasteiger partial charge in [-0.15, -0.1) is 0 Å². The molecule has 0 unspecified atom stereocenters. The standard InChI is InChI=1S/C15H11BrFNO4/c1-21-14-3-2-11(17)5-12(14)13(19)8-22-15(20)9-4-10(16)7-18-6-9/h2-7H,8H2,1H3. The van der Waals surface area contributed by atoms with Crippen LogP contribution in [0.15, 0.2) is 41.1 Å². The van der Waals surface area contributed by atoms with E-state index in [1.54, 1.807) is 0 Å². The summed E-state index contributed by atoms with van der Waals surface area (Å²) in [6, 6.07) is 5.07. The number of hydrogen-bond acceptors (Lipinski definition) is 5. The molecule has 0 spiro atoms. The fourth-order valence-corrected chi connectivity index (χ4v) is 2.08. The number of ketones is 1. The van der Waals surface area contributed by atoms with Crippen LogP contribution in [0, 0.1) is 5.82 Å². The molecule has 0 N–H and O–H groups in total. The normalized spacial score (nSPS) is 10.1.